The highest BCUT2D eigenvalue weighted by molar-refractivity contribution is 7.46. The van der Waals surface area contributed by atoms with Crippen molar-refractivity contribution in [2.24, 2.45) is 0 Å². The van der Waals surface area contributed by atoms with Gasteiger partial charge in [0.05, 0.1) is 12.1 Å². The molecule has 0 atom stereocenters. The molecule has 2 rings (SSSR count). The summed E-state index contributed by atoms with van der Waals surface area (Å²) in [7, 11) is -4.36. The molecular weight excluding hydrogens is 267 g/mol. The number of rotatable bonds is 6. The zero-order valence-corrected chi connectivity index (χ0v) is 11.1. The summed E-state index contributed by atoms with van der Waals surface area (Å²) in [5.74, 6) is 0. The highest BCUT2D eigenvalue weighted by Crippen LogP contribution is 2.35. The van der Waals surface area contributed by atoms with Crippen LogP contribution in [0.5, 0.6) is 0 Å². The number of nitrogens with one attached hydrogen (secondary N) is 1. The van der Waals surface area contributed by atoms with E-state index in [1.807, 2.05) is 30.3 Å². The van der Waals surface area contributed by atoms with E-state index in [0.29, 0.717) is 13.1 Å². The van der Waals surface area contributed by atoms with Crippen molar-refractivity contribution in [3.63, 3.8) is 0 Å². The molecule has 3 N–H and O–H groups in total. The molecule has 0 bridgehead atoms. The molecule has 0 aliphatic carbocycles. The Hall–Kier alpha value is -1.30. The molecule has 0 aliphatic heterocycles. The maximum Gasteiger partial charge on any atom is 0.469 e. The molecule has 0 unspecified atom stereocenters. The number of pyridine rings is 1. The number of hydrogen-bond acceptors (Lipinski definition) is 4. The second-order valence-corrected chi connectivity index (χ2v) is 5.28. The van der Waals surface area contributed by atoms with Gasteiger partial charge in [0.1, 0.15) is 0 Å². The van der Waals surface area contributed by atoms with Gasteiger partial charge in [-0.15, -0.1) is 0 Å². The van der Waals surface area contributed by atoms with Crippen molar-refractivity contribution in [2.45, 2.75) is 6.54 Å². The Kier molecular flexibility index (Phi) is 4.63. The molecule has 0 amide bonds. The minimum atomic E-state index is -4.36. The van der Waals surface area contributed by atoms with Crippen molar-refractivity contribution in [3.05, 3.63) is 42.1 Å². The molecular formula is C12H15N2O4P. The molecule has 0 fully saturated rings. The van der Waals surface area contributed by atoms with E-state index >= 15 is 0 Å². The normalized spacial score (nSPS) is 11.9. The summed E-state index contributed by atoms with van der Waals surface area (Å²) in [6.07, 6.45) is 1.78. The predicted molar refractivity (Wildman–Crippen MR) is 71.4 cm³/mol. The first-order chi connectivity index (χ1) is 9.04. The molecule has 2 aromatic rings. The van der Waals surface area contributed by atoms with Crippen LogP contribution in [0.1, 0.15) is 5.56 Å². The summed E-state index contributed by atoms with van der Waals surface area (Å²) in [5.41, 5.74) is 1.95. The van der Waals surface area contributed by atoms with Gasteiger partial charge in [0, 0.05) is 24.7 Å². The quantitative estimate of drug-likeness (QED) is 0.548. The van der Waals surface area contributed by atoms with Crippen LogP contribution in [0.4, 0.5) is 0 Å². The average Bonchev–Trinajstić information content (AvgIpc) is 2.37. The lowest BCUT2D eigenvalue weighted by molar-refractivity contribution is 0.197. The van der Waals surface area contributed by atoms with Gasteiger partial charge in [-0.05, 0) is 17.7 Å². The number of hydrogen-bond donors (Lipinski definition) is 3. The van der Waals surface area contributed by atoms with Crippen molar-refractivity contribution < 1.29 is 18.9 Å². The minimum absolute atomic E-state index is 0.0364. The molecule has 102 valence electrons. The van der Waals surface area contributed by atoms with Crippen molar-refractivity contribution in [3.8, 4) is 0 Å². The third-order valence-corrected chi connectivity index (χ3v) is 3.03. The fraction of sp³-hybridized carbons (Fsp3) is 0.250. The summed E-state index contributed by atoms with van der Waals surface area (Å²) in [6, 6.07) is 9.85. The average molecular weight is 282 g/mol. The van der Waals surface area contributed by atoms with Gasteiger partial charge in [0.2, 0.25) is 0 Å². The molecule has 19 heavy (non-hydrogen) atoms. The molecule has 0 aliphatic rings. The van der Waals surface area contributed by atoms with Crippen LogP contribution < -0.4 is 5.32 Å². The Labute approximate surface area is 110 Å². The van der Waals surface area contributed by atoms with Gasteiger partial charge in [0.15, 0.2) is 0 Å². The second kappa shape index (κ2) is 6.23. The summed E-state index contributed by atoms with van der Waals surface area (Å²) in [4.78, 5) is 21.3. The summed E-state index contributed by atoms with van der Waals surface area (Å²) < 4.78 is 14.8. The molecule has 0 radical (unpaired) electrons. The fourth-order valence-corrected chi connectivity index (χ4v) is 2.01. The molecule has 7 heteroatoms. The standard InChI is InChI=1S/C12H15N2O4P/c15-19(16,17)18-6-5-13-8-10-7-11-3-1-2-4-12(11)14-9-10/h1-4,7,9,13H,5-6,8H2,(H2,15,16,17). The van der Waals surface area contributed by atoms with Crippen LogP contribution in [0.2, 0.25) is 0 Å². The molecule has 0 saturated carbocycles. The fourth-order valence-electron chi connectivity index (χ4n) is 1.68. The van der Waals surface area contributed by atoms with E-state index in [9.17, 15) is 4.57 Å². The predicted octanol–water partition coefficient (Wildman–Crippen LogP) is 1.43. The molecule has 1 aromatic carbocycles. The van der Waals surface area contributed by atoms with E-state index in [4.69, 9.17) is 9.79 Å². The highest BCUT2D eigenvalue weighted by atomic mass is 31.2. The minimum Gasteiger partial charge on any atom is -0.310 e. The van der Waals surface area contributed by atoms with E-state index in [1.165, 1.54) is 0 Å². The maximum absolute atomic E-state index is 10.4. The third kappa shape index (κ3) is 4.70. The number of para-hydroxylation sites is 1. The SMILES string of the molecule is O=P(O)(O)OCCNCc1cnc2ccccc2c1. The number of fused-ring (bicyclic) bond motifs is 1. The van der Waals surface area contributed by atoms with E-state index in [-0.39, 0.29) is 6.61 Å². The van der Waals surface area contributed by atoms with Gasteiger partial charge < -0.3 is 15.1 Å². The molecule has 0 saturated heterocycles. The van der Waals surface area contributed by atoms with Crippen LogP contribution in [-0.4, -0.2) is 27.9 Å². The van der Waals surface area contributed by atoms with Gasteiger partial charge in [-0.3, -0.25) is 9.51 Å². The van der Waals surface area contributed by atoms with E-state index in [1.54, 1.807) is 6.20 Å². The van der Waals surface area contributed by atoms with Crippen molar-refractivity contribution in [1.82, 2.24) is 10.3 Å². The van der Waals surface area contributed by atoms with Crippen molar-refractivity contribution >= 4 is 18.7 Å². The van der Waals surface area contributed by atoms with Crippen LogP contribution >= 0.6 is 7.82 Å². The van der Waals surface area contributed by atoms with Gasteiger partial charge >= 0.3 is 7.82 Å². The topological polar surface area (TPSA) is 91.7 Å². The number of nitrogens with zero attached hydrogens (tertiary/aromatic N) is 1. The Morgan fingerprint density at radius 1 is 1.32 bits per heavy atom. The van der Waals surface area contributed by atoms with Gasteiger partial charge in [-0.25, -0.2) is 4.57 Å². The van der Waals surface area contributed by atoms with E-state index < -0.39 is 7.82 Å². The maximum atomic E-state index is 10.4. The Morgan fingerprint density at radius 3 is 2.89 bits per heavy atom. The van der Waals surface area contributed by atoms with Gasteiger partial charge in [0.25, 0.3) is 0 Å². The molecule has 1 heterocycles. The lowest BCUT2D eigenvalue weighted by Gasteiger charge is -2.07. The van der Waals surface area contributed by atoms with Gasteiger partial charge in [-0.2, -0.15) is 0 Å². The van der Waals surface area contributed by atoms with Crippen LogP contribution in [0.15, 0.2) is 36.5 Å². The Morgan fingerprint density at radius 2 is 2.11 bits per heavy atom. The van der Waals surface area contributed by atoms with Crippen molar-refractivity contribution in [2.75, 3.05) is 13.2 Å². The molecule has 0 spiro atoms. The summed E-state index contributed by atoms with van der Waals surface area (Å²) >= 11 is 0. The number of aromatic nitrogens is 1. The highest BCUT2D eigenvalue weighted by Gasteiger charge is 2.12. The third-order valence-electron chi connectivity index (χ3n) is 2.51. The first-order valence-corrected chi connectivity index (χ1v) is 7.32. The number of benzene rings is 1. The number of phosphoric ester groups is 1. The number of phosphoric acid groups is 1. The monoisotopic (exact) mass is 282 g/mol. The first kappa shape index (κ1) is 14.1. The van der Waals surface area contributed by atoms with E-state index in [0.717, 1.165) is 16.5 Å². The zero-order valence-electron chi connectivity index (χ0n) is 10.2. The lowest BCUT2D eigenvalue weighted by Crippen LogP contribution is -2.18. The Bertz CT molecular complexity index is 599. The van der Waals surface area contributed by atoms with Crippen molar-refractivity contribution in [1.29, 1.82) is 0 Å². The van der Waals surface area contributed by atoms with Crippen LogP contribution in [0.25, 0.3) is 10.9 Å². The smallest absolute Gasteiger partial charge is 0.310 e. The van der Waals surface area contributed by atoms with Crippen LogP contribution in [0, 0.1) is 0 Å². The first-order valence-electron chi connectivity index (χ1n) is 5.79. The van der Waals surface area contributed by atoms with Gasteiger partial charge in [-0.1, -0.05) is 18.2 Å². The molecule has 6 nitrogen and oxygen atoms in total. The molecule has 1 aromatic heterocycles. The largest absolute Gasteiger partial charge is 0.469 e. The van der Waals surface area contributed by atoms with E-state index in [2.05, 4.69) is 14.8 Å². The van der Waals surface area contributed by atoms with Crippen LogP contribution in [-0.2, 0) is 15.6 Å². The zero-order chi connectivity index (χ0) is 13.7. The summed E-state index contributed by atoms with van der Waals surface area (Å²) in [5, 5.41) is 4.09. The lowest BCUT2D eigenvalue weighted by atomic mass is 10.1. The summed E-state index contributed by atoms with van der Waals surface area (Å²) in [6.45, 7) is 0.894. The Balaban J connectivity index is 1.83. The van der Waals surface area contributed by atoms with Crippen LogP contribution in [0.3, 0.4) is 0 Å². The second-order valence-electron chi connectivity index (χ2n) is 4.04.